The Morgan fingerprint density at radius 1 is 0.919 bits per heavy atom. The number of ketones is 2. The number of nitrogens with zero attached hydrogens (tertiary/aromatic N) is 4. The van der Waals surface area contributed by atoms with Crippen LogP contribution in [0.1, 0.15) is 48.3 Å². The summed E-state index contributed by atoms with van der Waals surface area (Å²) in [6.07, 6.45) is 0. The van der Waals surface area contributed by atoms with Crippen LogP contribution in [-0.2, 0) is 14.3 Å². The molecule has 0 bridgehead atoms. The molecule has 8 heteroatoms. The molecule has 2 saturated heterocycles. The Kier molecular flexibility index (Phi) is 6.76. The molecule has 0 saturated carbocycles. The summed E-state index contributed by atoms with van der Waals surface area (Å²) in [4.78, 5) is 30.5. The monoisotopic (exact) mass is 498 g/mol. The predicted octanol–water partition coefficient (Wildman–Crippen LogP) is 4.37. The van der Waals surface area contributed by atoms with Gasteiger partial charge in [-0.25, -0.2) is 0 Å². The molecule has 1 atom stereocenters. The summed E-state index contributed by atoms with van der Waals surface area (Å²) in [5, 5.41) is 19.7. The molecule has 3 aromatic rings. The zero-order valence-corrected chi connectivity index (χ0v) is 21.2. The molecular weight excluding hydrogens is 468 g/mol. The fourth-order valence-electron chi connectivity index (χ4n) is 4.73. The Morgan fingerprint density at radius 3 is 2.16 bits per heavy atom. The first kappa shape index (κ1) is 24.6. The Hall–Kier alpha value is -4.04. The number of aryl methyl sites for hydroxylation is 1. The number of aliphatic hydroxyl groups is 1. The van der Waals surface area contributed by atoms with Crippen molar-refractivity contribution < 1.29 is 19.4 Å². The number of aliphatic hydroxyl groups excluding tert-OH is 1. The van der Waals surface area contributed by atoms with Gasteiger partial charge in [-0.15, -0.1) is 0 Å². The molecule has 0 aliphatic carbocycles. The van der Waals surface area contributed by atoms with Crippen LogP contribution < -0.4 is 9.80 Å². The number of carbonyl (C=O) groups excluding carboxylic acids is 2. The molecule has 3 heterocycles. The van der Waals surface area contributed by atoms with Gasteiger partial charge in [0.25, 0.3) is 5.78 Å². The summed E-state index contributed by atoms with van der Waals surface area (Å²) in [5.41, 5.74) is 4.18. The fourth-order valence-corrected chi connectivity index (χ4v) is 4.73. The van der Waals surface area contributed by atoms with Gasteiger partial charge >= 0.3 is 0 Å². The standard InChI is InChI=1S/C29H30N4O4/c1-18(2)20-5-7-21(8-6-20)27(34)26-29(36)28(35)25(24-13-4-19(3)30-31-24)33(26)23-11-9-22(10-12-23)32-14-16-37-17-15-32/h4-13,18,25,34H,14-17H2,1-3H3. The van der Waals surface area contributed by atoms with E-state index in [1.165, 1.54) is 0 Å². The third kappa shape index (κ3) is 4.72. The van der Waals surface area contributed by atoms with Gasteiger partial charge in [0.2, 0.25) is 5.78 Å². The maximum Gasteiger partial charge on any atom is 0.251 e. The van der Waals surface area contributed by atoms with Gasteiger partial charge in [-0.3, -0.25) is 9.59 Å². The Balaban J connectivity index is 1.61. The lowest BCUT2D eigenvalue weighted by Gasteiger charge is -2.30. The highest BCUT2D eigenvalue weighted by atomic mass is 16.5. The number of aromatic nitrogens is 2. The number of hydrogen-bond donors (Lipinski definition) is 1. The smallest absolute Gasteiger partial charge is 0.251 e. The van der Waals surface area contributed by atoms with E-state index in [1.54, 1.807) is 36.1 Å². The SMILES string of the molecule is Cc1ccc(C2C(=O)C(=O)C(=C(O)c3ccc(C(C)C)cc3)N2c2ccc(N3CCOCC3)cc2)nn1. The summed E-state index contributed by atoms with van der Waals surface area (Å²) < 4.78 is 5.45. The summed E-state index contributed by atoms with van der Waals surface area (Å²) in [6.45, 7) is 8.89. The maximum atomic E-state index is 13.4. The van der Waals surface area contributed by atoms with Crippen molar-refractivity contribution >= 4 is 28.7 Å². The lowest BCUT2D eigenvalue weighted by molar-refractivity contribution is -0.133. The van der Waals surface area contributed by atoms with Crippen molar-refractivity contribution in [1.82, 2.24) is 10.2 Å². The number of benzene rings is 2. The van der Waals surface area contributed by atoms with E-state index in [-0.39, 0.29) is 11.5 Å². The lowest BCUT2D eigenvalue weighted by atomic mass is 10.0. The second-order valence-corrected chi connectivity index (χ2v) is 9.66. The maximum absolute atomic E-state index is 13.4. The highest BCUT2D eigenvalue weighted by molar-refractivity contribution is 6.50. The van der Waals surface area contributed by atoms with E-state index < -0.39 is 17.6 Å². The van der Waals surface area contributed by atoms with Crippen LogP contribution in [0.3, 0.4) is 0 Å². The van der Waals surface area contributed by atoms with Crippen LogP contribution in [0.2, 0.25) is 0 Å². The zero-order valence-electron chi connectivity index (χ0n) is 21.2. The van der Waals surface area contributed by atoms with Gasteiger partial charge < -0.3 is 19.6 Å². The van der Waals surface area contributed by atoms with Crippen LogP contribution in [-0.4, -0.2) is 53.2 Å². The van der Waals surface area contributed by atoms with Gasteiger partial charge in [0.1, 0.15) is 11.7 Å². The summed E-state index contributed by atoms with van der Waals surface area (Å²) >= 11 is 0. The molecular formula is C29H30N4O4. The number of carbonyl (C=O) groups is 2. The average Bonchev–Trinajstić information content (AvgIpc) is 3.19. The topological polar surface area (TPSA) is 95.9 Å². The van der Waals surface area contributed by atoms with Gasteiger partial charge in [-0.05, 0) is 54.8 Å². The van der Waals surface area contributed by atoms with Gasteiger partial charge in [0.05, 0.1) is 24.6 Å². The van der Waals surface area contributed by atoms with Crippen molar-refractivity contribution in [3.05, 3.63) is 88.9 Å². The van der Waals surface area contributed by atoms with E-state index in [9.17, 15) is 14.7 Å². The molecule has 1 aromatic heterocycles. The lowest BCUT2D eigenvalue weighted by Crippen LogP contribution is -2.36. The number of anilines is 2. The minimum Gasteiger partial charge on any atom is -0.505 e. The molecule has 5 rings (SSSR count). The molecule has 8 nitrogen and oxygen atoms in total. The quantitative estimate of drug-likeness (QED) is 0.315. The Labute approximate surface area is 216 Å². The molecule has 2 aromatic carbocycles. The van der Waals surface area contributed by atoms with Crippen LogP contribution in [0.15, 0.2) is 66.4 Å². The number of ether oxygens (including phenoxy) is 1. The third-order valence-electron chi connectivity index (χ3n) is 6.86. The third-order valence-corrected chi connectivity index (χ3v) is 6.86. The number of morpholine rings is 1. The molecule has 0 spiro atoms. The summed E-state index contributed by atoms with van der Waals surface area (Å²) in [5.74, 6) is -1.33. The van der Waals surface area contributed by atoms with Crippen molar-refractivity contribution in [2.75, 3.05) is 36.1 Å². The predicted molar refractivity (Wildman–Crippen MR) is 142 cm³/mol. The molecule has 2 aliphatic rings. The Morgan fingerprint density at radius 2 is 1.57 bits per heavy atom. The van der Waals surface area contributed by atoms with Crippen LogP contribution >= 0.6 is 0 Å². The van der Waals surface area contributed by atoms with Crippen LogP contribution in [0, 0.1) is 6.92 Å². The molecule has 2 aliphatic heterocycles. The zero-order chi connectivity index (χ0) is 26.1. The van der Waals surface area contributed by atoms with E-state index in [1.807, 2.05) is 36.4 Å². The number of allylic oxidation sites excluding steroid dienone is 1. The van der Waals surface area contributed by atoms with Gasteiger partial charge in [-0.2, -0.15) is 10.2 Å². The van der Waals surface area contributed by atoms with Gasteiger partial charge in [-0.1, -0.05) is 38.1 Å². The van der Waals surface area contributed by atoms with Crippen molar-refractivity contribution in [3.63, 3.8) is 0 Å². The van der Waals surface area contributed by atoms with Gasteiger partial charge in [0.15, 0.2) is 5.76 Å². The molecule has 0 amide bonds. The highest BCUT2D eigenvalue weighted by Gasteiger charge is 2.48. The highest BCUT2D eigenvalue weighted by Crippen LogP contribution is 2.40. The van der Waals surface area contributed by atoms with Gasteiger partial charge in [0, 0.05) is 30.0 Å². The summed E-state index contributed by atoms with van der Waals surface area (Å²) in [6, 6.07) is 17.4. The van der Waals surface area contributed by atoms with Crippen molar-refractivity contribution in [2.24, 2.45) is 0 Å². The minimum absolute atomic E-state index is 0.0613. The molecule has 37 heavy (non-hydrogen) atoms. The first-order valence-corrected chi connectivity index (χ1v) is 12.5. The number of Topliss-reactive ketones (excluding diaryl/α,β-unsaturated/α-hetero) is 2. The first-order chi connectivity index (χ1) is 17.8. The normalized spacial score (nSPS) is 19.6. The van der Waals surface area contributed by atoms with E-state index in [0.717, 1.165) is 24.3 Å². The van der Waals surface area contributed by atoms with E-state index in [4.69, 9.17) is 4.74 Å². The van der Waals surface area contributed by atoms with Crippen LogP contribution in [0.25, 0.3) is 5.76 Å². The van der Waals surface area contributed by atoms with Crippen LogP contribution in [0.4, 0.5) is 11.4 Å². The Bertz CT molecular complexity index is 1330. The first-order valence-electron chi connectivity index (χ1n) is 12.5. The van der Waals surface area contributed by atoms with Crippen molar-refractivity contribution in [1.29, 1.82) is 0 Å². The number of rotatable bonds is 5. The van der Waals surface area contributed by atoms with Crippen LogP contribution in [0.5, 0.6) is 0 Å². The average molecular weight is 499 g/mol. The second-order valence-electron chi connectivity index (χ2n) is 9.66. The van der Waals surface area contributed by atoms with E-state index in [2.05, 4.69) is 28.9 Å². The minimum atomic E-state index is -1.03. The van der Waals surface area contributed by atoms with E-state index >= 15 is 0 Å². The van der Waals surface area contributed by atoms with Crippen molar-refractivity contribution in [2.45, 2.75) is 32.7 Å². The fraction of sp³-hybridized carbons (Fsp3) is 0.310. The second kappa shape index (κ2) is 10.1. The van der Waals surface area contributed by atoms with Crippen molar-refractivity contribution in [3.8, 4) is 0 Å². The molecule has 190 valence electrons. The molecule has 2 fully saturated rings. The van der Waals surface area contributed by atoms with E-state index in [0.29, 0.717) is 41.8 Å². The molecule has 1 unspecified atom stereocenters. The molecule has 0 radical (unpaired) electrons. The molecule has 1 N–H and O–H groups in total. The number of hydrogen-bond acceptors (Lipinski definition) is 8. The summed E-state index contributed by atoms with van der Waals surface area (Å²) in [7, 11) is 0. The largest absolute Gasteiger partial charge is 0.505 e.